The molecule has 0 aliphatic carbocycles. The van der Waals surface area contributed by atoms with Crippen molar-refractivity contribution in [2.75, 3.05) is 43.4 Å². The van der Waals surface area contributed by atoms with Gasteiger partial charge in [-0.3, -0.25) is 19.0 Å². The Morgan fingerprint density at radius 2 is 1.81 bits per heavy atom. The van der Waals surface area contributed by atoms with Gasteiger partial charge in [0.25, 0.3) is 11.5 Å². The molecule has 0 saturated carbocycles. The molecular formula is C27H27ClF2N8O4. The largest absolute Gasteiger partial charge is 0.504 e. The minimum atomic E-state index is -1.71. The Kier molecular flexibility index (Phi) is 7.60. The number of nitrogens with one attached hydrogen (secondary N) is 1. The second-order valence-corrected chi connectivity index (χ2v) is 10.5. The number of halogens is 3. The highest BCUT2D eigenvalue weighted by Gasteiger charge is 2.26. The fraction of sp³-hybridized carbons (Fsp3) is 0.296. The van der Waals surface area contributed by atoms with Crippen molar-refractivity contribution in [3.63, 3.8) is 0 Å². The predicted molar refractivity (Wildman–Crippen MR) is 153 cm³/mol. The smallest absolute Gasteiger partial charge is 0.263 e. The van der Waals surface area contributed by atoms with E-state index in [9.17, 15) is 23.9 Å². The number of primary amides is 1. The summed E-state index contributed by atoms with van der Waals surface area (Å²) < 4.78 is 32.2. The Bertz CT molecular complexity index is 1810. The summed E-state index contributed by atoms with van der Waals surface area (Å²) in [6.07, 6.45) is 2.70. The van der Waals surface area contributed by atoms with Crippen molar-refractivity contribution in [3.8, 4) is 16.9 Å². The Labute approximate surface area is 242 Å². The molecule has 5 rings (SSSR count). The zero-order chi connectivity index (χ0) is 30.5. The Morgan fingerprint density at radius 1 is 1.12 bits per heavy atom. The molecule has 4 aromatic rings. The zero-order valence-corrected chi connectivity index (χ0v) is 23.7. The van der Waals surface area contributed by atoms with Gasteiger partial charge in [-0.15, -0.1) is 0 Å². The minimum Gasteiger partial charge on any atom is -0.504 e. The van der Waals surface area contributed by atoms with Crippen molar-refractivity contribution >= 4 is 46.0 Å². The summed E-state index contributed by atoms with van der Waals surface area (Å²) in [6.45, 7) is 4.40. The number of fused-ring (bicyclic) bond motifs is 1. The molecule has 3 aromatic heterocycles. The maximum Gasteiger partial charge on any atom is 0.263 e. The van der Waals surface area contributed by atoms with Crippen LogP contribution in [0.2, 0.25) is 5.02 Å². The number of carbonyl (C=O) groups excluding carboxylic acids is 2. The fourth-order valence-corrected chi connectivity index (χ4v) is 4.97. The first-order chi connectivity index (χ1) is 19.9. The molecule has 4 N–H and O–H groups in total. The molecule has 0 radical (unpaired) electrons. The van der Waals surface area contributed by atoms with Crippen molar-refractivity contribution < 1.29 is 23.5 Å². The molecule has 0 bridgehead atoms. The first-order valence-electron chi connectivity index (χ1n) is 12.8. The number of likely N-dealkylation sites (N-methyl/N-ethyl adjacent to an activating group) is 1. The van der Waals surface area contributed by atoms with Gasteiger partial charge in [0.2, 0.25) is 11.7 Å². The number of hydrogen-bond acceptors (Lipinski definition) is 8. The standard InChI is InChI=1S/C27H27ClF2N8O4/c1-13-33-26-21(27(42)36(13)3)16(14-8-15(25(31)41)24(40)23(30)22(14)29)11-38(26)12-20(39)34-18-9-19(32-10-17(18)28)37-6-4-35(2)5-7-37/h8-11,40H,4-7,12H2,1-3H3,(H2,31,41)(H,32,34,39). The van der Waals surface area contributed by atoms with Crippen LogP contribution >= 0.6 is 11.6 Å². The molecule has 4 heterocycles. The van der Waals surface area contributed by atoms with Crippen LogP contribution in [0.1, 0.15) is 16.2 Å². The quantitative estimate of drug-likeness (QED) is 0.305. The fourth-order valence-electron chi connectivity index (χ4n) is 4.82. The van der Waals surface area contributed by atoms with Crippen LogP contribution in [-0.4, -0.2) is 74.1 Å². The molecule has 0 atom stereocenters. The molecule has 1 fully saturated rings. The molecule has 1 aromatic carbocycles. The van der Waals surface area contributed by atoms with Gasteiger partial charge in [0.05, 0.1) is 27.9 Å². The lowest BCUT2D eigenvalue weighted by atomic mass is 10.0. The van der Waals surface area contributed by atoms with Gasteiger partial charge in [-0.2, -0.15) is 4.39 Å². The van der Waals surface area contributed by atoms with E-state index in [1.165, 1.54) is 28.6 Å². The topological polar surface area (TPSA) is 152 Å². The molecule has 220 valence electrons. The van der Waals surface area contributed by atoms with Crippen molar-refractivity contribution in [1.82, 2.24) is 24.0 Å². The molecule has 2 amide bonds. The lowest BCUT2D eigenvalue weighted by Gasteiger charge is -2.33. The molecule has 12 nitrogen and oxygen atoms in total. The average molecular weight is 601 g/mol. The second kappa shape index (κ2) is 11.0. The van der Waals surface area contributed by atoms with Crippen LogP contribution < -0.4 is 21.5 Å². The highest BCUT2D eigenvalue weighted by Crippen LogP contribution is 2.36. The molecule has 1 aliphatic rings. The number of aryl methyl sites for hydroxylation is 1. The van der Waals surface area contributed by atoms with Gasteiger partial charge in [-0.1, -0.05) is 11.6 Å². The van der Waals surface area contributed by atoms with Gasteiger partial charge < -0.3 is 30.5 Å². The Morgan fingerprint density at radius 3 is 2.48 bits per heavy atom. The van der Waals surface area contributed by atoms with E-state index >= 15 is 4.39 Å². The van der Waals surface area contributed by atoms with Crippen molar-refractivity contribution in [2.24, 2.45) is 12.8 Å². The number of amides is 2. The number of phenols is 1. The summed E-state index contributed by atoms with van der Waals surface area (Å²) in [5.74, 6) is -5.28. The summed E-state index contributed by atoms with van der Waals surface area (Å²) in [7, 11) is 3.48. The molecular weight excluding hydrogens is 574 g/mol. The SMILES string of the molecule is Cc1nc2c(c(-c3cc(C(N)=O)c(O)c(F)c3F)cn2CC(=O)Nc2cc(N3CCN(C)CC3)ncc2Cl)c(=O)n1C. The van der Waals surface area contributed by atoms with Crippen molar-refractivity contribution in [1.29, 1.82) is 0 Å². The number of nitrogens with zero attached hydrogens (tertiary/aromatic N) is 6. The summed E-state index contributed by atoms with van der Waals surface area (Å²) in [6, 6.07) is 2.52. The molecule has 1 aliphatic heterocycles. The van der Waals surface area contributed by atoms with Gasteiger partial charge in [0.15, 0.2) is 11.6 Å². The molecule has 0 spiro atoms. The van der Waals surface area contributed by atoms with E-state index < -0.39 is 45.9 Å². The van der Waals surface area contributed by atoms with Crippen molar-refractivity contribution in [2.45, 2.75) is 13.5 Å². The predicted octanol–water partition coefficient (Wildman–Crippen LogP) is 2.23. The molecule has 1 saturated heterocycles. The Balaban J connectivity index is 1.54. The van der Waals surface area contributed by atoms with E-state index in [1.54, 1.807) is 13.0 Å². The van der Waals surface area contributed by atoms with Gasteiger partial charge in [0.1, 0.15) is 23.8 Å². The van der Waals surface area contributed by atoms with E-state index in [4.69, 9.17) is 17.3 Å². The number of carbonyl (C=O) groups is 2. The third kappa shape index (κ3) is 5.14. The van der Waals surface area contributed by atoms with Gasteiger partial charge in [-0.25, -0.2) is 14.4 Å². The summed E-state index contributed by atoms with van der Waals surface area (Å²) in [5.41, 5.74) is 3.64. The van der Waals surface area contributed by atoms with E-state index in [0.29, 0.717) is 17.3 Å². The van der Waals surface area contributed by atoms with Gasteiger partial charge in [-0.05, 0) is 20.0 Å². The average Bonchev–Trinajstić information content (AvgIpc) is 3.29. The van der Waals surface area contributed by atoms with Crippen LogP contribution in [0, 0.1) is 18.6 Å². The first kappa shape index (κ1) is 29.0. The van der Waals surface area contributed by atoms with Crippen LogP contribution in [0.5, 0.6) is 5.75 Å². The van der Waals surface area contributed by atoms with E-state index in [-0.39, 0.29) is 28.2 Å². The summed E-state index contributed by atoms with van der Waals surface area (Å²) >= 11 is 6.33. The van der Waals surface area contributed by atoms with Crippen LogP contribution in [0.3, 0.4) is 0 Å². The summed E-state index contributed by atoms with van der Waals surface area (Å²) in [4.78, 5) is 51.4. The van der Waals surface area contributed by atoms with Gasteiger partial charge in [0, 0.05) is 56.6 Å². The number of nitrogens with two attached hydrogens (primary N) is 1. The number of aromatic nitrogens is 4. The summed E-state index contributed by atoms with van der Waals surface area (Å²) in [5, 5.41) is 12.7. The number of anilines is 2. The van der Waals surface area contributed by atoms with Crippen LogP contribution in [0.15, 0.2) is 29.3 Å². The number of benzene rings is 1. The van der Waals surface area contributed by atoms with Crippen LogP contribution in [-0.2, 0) is 18.4 Å². The number of aromatic hydroxyl groups is 1. The maximum atomic E-state index is 15.1. The lowest BCUT2D eigenvalue weighted by Crippen LogP contribution is -2.44. The Hall–Kier alpha value is -4.56. The number of pyridine rings is 1. The highest BCUT2D eigenvalue weighted by atomic mass is 35.5. The van der Waals surface area contributed by atoms with Crippen LogP contribution in [0.4, 0.5) is 20.3 Å². The zero-order valence-electron chi connectivity index (χ0n) is 22.9. The number of piperazine rings is 1. The van der Waals surface area contributed by atoms with E-state index in [0.717, 1.165) is 32.2 Å². The first-order valence-corrected chi connectivity index (χ1v) is 13.2. The number of hydrogen-bond donors (Lipinski definition) is 3. The molecule has 15 heteroatoms. The maximum absolute atomic E-state index is 15.1. The third-order valence-electron chi connectivity index (χ3n) is 7.31. The van der Waals surface area contributed by atoms with E-state index in [2.05, 4.69) is 25.1 Å². The van der Waals surface area contributed by atoms with Gasteiger partial charge >= 0.3 is 0 Å². The minimum absolute atomic E-state index is 0.0215. The third-order valence-corrected chi connectivity index (χ3v) is 7.62. The van der Waals surface area contributed by atoms with E-state index in [1.807, 2.05) is 7.05 Å². The monoisotopic (exact) mass is 600 g/mol. The molecule has 0 unspecified atom stereocenters. The second-order valence-electron chi connectivity index (χ2n) is 10.1. The number of rotatable bonds is 6. The molecule has 42 heavy (non-hydrogen) atoms. The highest BCUT2D eigenvalue weighted by molar-refractivity contribution is 6.33. The van der Waals surface area contributed by atoms with Crippen molar-refractivity contribution in [3.05, 3.63) is 62.9 Å². The normalized spacial score (nSPS) is 14.0. The van der Waals surface area contributed by atoms with Crippen LogP contribution in [0.25, 0.3) is 22.2 Å². The lowest BCUT2D eigenvalue weighted by molar-refractivity contribution is -0.116.